The van der Waals surface area contributed by atoms with Crippen molar-refractivity contribution >= 4 is 23.5 Å². The number of urea groups is 1. The second kappa shape index (κ2) is 8.17. The first kappa shape index (κ1) is 20.5. The van der Waals surface area contributed by atoms with Crippen LogP contribution in [0.1, 0.15) is 19.4 Å². The van der Waals surface area contributed by atoms with Gasteiger partial charge in [-0.25, -0.2) is 4.79 Å². The standard InChI is InChI=1S/C22H23N3O6/c1-3-29-16-7-4-14(5-8-16)22(2)20(27)25(21(28)24-22)13-19(26)23-15-6-9-17-18(12-15)31-11-10-30-17/h4-9,12H,3,10-11,13H2,1-2H3,(H,23,26)(H,24,28)/t22-/m1/s1. The van der Waals surface area contributed by atoms with Crippen molar-refractivity contribution < 1.29 is 28.6 Å². The summed E-state index contributed by atoms with van der Waals surface area (Å²) in [6.07, 6.45) is 0. The number of amides is 4. The van der Waals surface area contributed by atoms with Gasteiger partial charge in [-0.05, 0) is 43.7 Å². The highest BCUT2D eigenvalue weighted by Crippen LogP contribution is 2.33. The highest BCUT2D eigenvalue weighted by atomic mass is 16.6. The maximum atomic E-state index is 13.0. The monoisotopic (exact) mass is 425 g/mol. The molecular weight excluding hydrogens is 402 g/mol. The maximum absolute atomic E-state index is 13.0. The summed E-state index contributed by atoms with van der Waals surface area (Å²) in [6, 6.07) is 11.3. The lowest BCUT2D eigenvalue weighted by molar-refractivity contribution is -0.133. The first-order chi connectivity index (χ1) is 14.9. The van der Waals surface area contributed by atoms with Crippen LogP contribution in [0, 0.1) is 0 Å². The molecular formula is C22H23N3O6. The zero-order chi connectivity index (χ0) is 22.0. The Morgan fingerprint density at radius 1 is 1.13 bits per heavy atom. The van der Waals surface area contributed by atoms with Crippen LogP contribution in [0.2, 0.25) is 0 Å². The van der Waals surface area contributed by atoms with Crippen molar-refractivity contribution in [2.75, 3.05) is 31.7 Å². The summed E-state index contributed by atoms with van der Waals surface area (Å²) in [7, 11) is 0. The fourth-order valence-corrected chi connectivity index (χ4v) is 3.55. The van der Waals surface area contributed by atoms with E-state index in [1.807, 2.05) is 6.92 Å². The van der Waals surface area contributed by atoms with E-state index >= 15 is 0 Å². The molecule has 2 aromatic rings. The third-order valence-corrected chi connectivity index (χ3v) is 5.15. The number of imide groups is 1. The Bertz CT molecular complexity index is 1020. The van der Waals surface area contributed by atoms with Crippen molar-refractivity contribution in [1.29, 1.82) is 0 Å². The van der Waals surface area contributed by atoms with Gasteiger partial charge in [0.1, 0.15) is 31.0 Å². The molecule has 9 heteroatoms. The lowest BCUT2D eigenvalue weighted by atomic mass is 9.92. The van der Waals surface area contributed by atoms with Gasteiger partial charge in [0.25, 0.3) is 5.91 Å². The summed E-state index contributed by atoms with van der Waals surface area (Å²) in [6.45, 7) is 4.50. The lowest BCUT2D eigenvalue weighted by Gasteiger charge is -2.22. The van der Waals surface area contributed by atoms with Gasteiger partial charge in [0.05, 0.1) is 6.61 Å². The molecule has 0 spiro atoms. The number of rotatable bonds is 6. The predicted octanol–water partition coefficient (Wildman–Crippen LogP) is 2.26. The SMILES string of the molecule is CCOc1ccc([C@@]2(C)NC(=O)N(CC(=O)Nc3ccc4c(c3)OCCO4)C2=O)cc1. The van der Waals surface area contributed by atoms with Gasteiger partial charge in [-0.15, -0.1) is 0 Å². The Hall–Kier alpha value is -3.75. The summed E-state index contributed by atoms with van der Waals surface area (Å²) in [5, 5.41) is 5.37. The Morgan fingerprint density at radius 2 is 1.84 bits per heavy atom. The predicted molar refractivity (Wildman–Crippen MR) is 111 cm³/mol. The summed E-state index contributed by atoms with van der Waals surface area (Å²) in [5.41, 5.74) is -0.182. The smallest absolute Gasteiger partial charge is 0.325 e. The first-order valence-electron chi connectivity index (χ1n) is 9.97. The van der Waals surface area contributed by atoms with E-state index in [1.54, 1.807) is 49.4 Å². The average molecular weight is 425 g/mol. The van der Waals surface area contributed by atoms with Crippen LogP contribution in [0.15, 0.2) is 42.5 Å². The molecule has 4 rings (SSSR count). The number of fused-ring (bicyclic) bond motifs is 1. The van der Waals surface area contributed by atoms with Gasteiger partial charge in [-0.3, -0.25) is 14.5 Å². The van der Waals surface area contributed by atoms with Gasteiger partial charge in [-0.2, -0.15) is 0 Å². The zero-order valence-electron chi connectivity index (χ0n) is 17.3. The van der Waals surface area contributed by atoms with E-state index in [4.69, 9.17) is 14.2 Å². The third kappa shape index (κ3) is 3.98. The molecule has 1 atom stereocenters. The van der Waals surface area contributed by atoms with Crippen molar-refractivity contribution in [2.24, 2.45) is 0 Å². The van der Waals surface area contributed by atoms with Crippen LogP contribution in [0.4, 0.5) is 10.5 Å². The van der Waals surface area contributed by atoms with E-state index in [-0.39, 0.29) is 0 Å². The highest BCUT2D eigenvalue weighted by molar-refractivity contribution is 6.10. The molecule has 2 heterocycles. The minimum Gasteiger partial charge on any atom is -0.494 e. The van der Waals surface area contributed by atoms with Crippen LogP contribution in [-0.2, 0) is 15.1 Å². The third-order valence-electron chi connectivity index (χ3n) is 5.15. The maximum Gasteiger partial charge on any atom is 0.325 e. The van der Waals surface area contributed by atoms with Crippen LogP contribution in [-0.4, -0.2) is 49.1 Å². The van der Waals surface area contributed by atoms with E-state index in [9.17, 15) is 14.4 Å². The summed E-state index contributed by atoms with van der Waals surface area (Å²) in [4.78, 5) is 38.9. The number of benzene rings is 2. The molecule has 2 aromatic carbocycles. The molecule has 0 bridgehead atoms. The second-order valence-electron chi connectivity index (χ2n) is 7.31. The number of hydrogen-bond acceptors (Lipinski definition) is 6. The quantitative estimate of drug-likeness (QED) is 0.688. The number of ether oxygens (including phenoxy) is 3. The molecule has 1 fully saturated rings. The molecule has 0 aliphatic carbocycles. The van der Waals surface area contributed by atoms with E-state index in [0.717, 1.165) is 4.90 Å². The number of nitrogens with one attached hydrogen (secondary N) is 2. The van der Waals surface area contributed by atoms with Crippen LogP contribution >= 0.6 is 0 Å². The van der Waals surface area contributed by atoms with E-state index in [2.05, 4.69) is 10.6 Å². The lowest BCUT2D eigenvalue weighted by Crippen LogP contribution is -2.42. The van der Waals surface area contributed by atoms with Crippen LogP contribution in [0.5, 0.6) is 17.2 Å². The van der Waals surface area contributed by atoms with Crippen molar-refractivity contribution in [3.63, 3.8) is 0 Å². The Labute approximate surface area is 179 Å². The fraction of sp³-hybridized carbons (Fsp3) is 0.318. The molecule has 0 aromatic heterocycles. The topological polar surface area (TPSA) is 106 Å². The first-order valence-corrected chi connectivity index (χ1v) is 9.97. The van der Waals surface area contributed by atoms with E-state index in [1.165, 1.54) is 0 Å². The molecule has 0 radical (unpaired) electrons. The van der Waals surface area contributed by atoms with Crippen molar-refractivity contribution in [3.05, 3.63) is 48.0 Å². The van der Waals surface area contributed by atoms with Crippen molar-refractivity contribution in [3.8, 4) is 17.2 Å². The fourth-order valence-electron chi connectivity index (χ4n) is 3.55. The van der Waals surface area contributed by atoms with Crippen LogP contribution < -0.4 is 24.8 Å². The molecule has 9 nitrogen and oxygen atoms in total. The van der Waals surface area contributed by atoms with E-state index < -0.39 is 29.9 Å². The molecule has 2 aliphatic rings. The number of hydrogen-bond donors (Lipinski definition) is 2. The molecule has 31 heavy (non-hydrogen) atoms. The van der Waals surface area contributed by atoms with Gasteiger partial charge in [0.2, 0.25) is 5.91 Å². The average Bonchev–Trinajstić information content (AvgIpc) is 2.98. The van der Waals surface area contributed by atoms with E-state index in [0.29, 0.717) is 48.3 Å². The van der Waals surface area contributed by atoms with Crippen molar-refractivity contribution in [2.45, 2.75) is 19.4 Å². The number of nitrogens with zero attached hydrogens (tertiary/aromatic N) is 1. The number of carbonyl (C=O) groups is 3. The van der Waals surface area contributed by atoms with Gasteiger partial charge in [0.15, 0.2) is 11.5 Å². The molecule has 0 unspecified atom stereocenters. The van der Waals surface area contributed by atoms with Gasteiger partial charge in [0, 0.05) is 11.8 Å². The highest BCUT2D eigenvalue weighted by Gasteiger charge is 2.49. The molecule has 2 aliphatic heterocycles. The molecule has 2 N–H and O–H groups in total. The summed E-state index contributed by atoms with van der Waals surface area (Å²) in [5.74, 6) is 0.795. The Balaban J connectivity index is 1.44. The summed E-state index contributed by atoms with van der Waals surface area (Å²) >= 11 is 0. The molecule has 1 saturated heterocycles. The zero-order valence-corrected chi connectivity index (χ0v) is 17.3. The minimum atomic E-state index is -1.26. The number of carbonyl (C=O) groups excluding carboxylic acids is 3. The van der Waals surface area contributed by atoms with Gasteiger partial charge >= 0.3 is 6.03 Å². The Kier molecular flexibility index (Phi) is 5.41. The van der Waals surface area contributed by atoms with Crippen LogP contribution in [0.3, 0.4) is 0 Å². The van der Waals surface area contributed by atoms with Gasteiger partial charge in [-0.1, -0.05) is 12.1 Å². The summed E-state index contributed by atoms with van der Waals surface area (Å²) < 4.78 is 16.4. The van der Waals surface area contributed by atoms with Gasteiger partial charge < -0.3 is 24.8 Å². The normalized spacial score (nSPS) is 19.7. The van der Waals surface area contributed by atoms with Crippen molar-refractivity contribution in [1.82, 2.24) is 10.2 Å². The largest absolute Gasteiger partial charge is 0.494 e. The molecule has 4 amide bonds. The molecule has 0 saturated carbocycles. The number of anilines is 1. The Morgan fingerprint density at radius 3 is 2.55 bits per heavy atom. The second-order valence-corrected chi connectivity index (χ2v) is 7.31. The van der Waals surface area contributed by atoms with Crippen LogP contribution in [0.25, 0.3) is 0 Å². The minimum absolute atomic E-state index is 0.411. The molecule has 162 valence electrons.